The normalized spacial score (nSPS) is 22.0. The third-order valence-corrected chi connectivity index (χ3v) is 4.33. The number of carbonyl (C=O) groups is 1. The molecule has 22 heavy (non-hydrogen) atoms. The molecule has 1 aliphatic carbocycles. The standard InChI is InChI=1S/C14H17F3N2O3/c15-14(16,17)11-10(18-9-21-11)12(20)19-6-7-22-13(8-19)4-2-1-3-5-13/h9H,1-8H2. The first kappa shape index (κ1) is 15.3. The number of hydrogen-bond donors (Lipinski definition) is 0. The van der Waals surface area contributed by atoms with E-state index in [4.69, 9.17) is 4.74 Å². The van der Waals surface area contributed by atoms with Gasteiger partial charge in [-0.3, -0.25) is 4.79 Å². The Morgan fingerprint density at radius 2 is 2.00 bits per heavy atom. The monoisotopic (exact) mass is 318 g/mol. The number of carbonyl (C=O) groups excluding carboxylic acids is 1. The zero-order valence-corrected chi connectivity index (χ0v) is 12.0. The van der Waals surface area contributed by atoms with Crippen LogP contribution in [0.4, 0.5) is 13.2 Å². The van der Waals surface area contributed by atoms with Gasteiger partial charge in [0.2, 0.25) is 5.76 Å². The van der Waals surface area contributed by atoms with Crippen LogP contribution in [-0.2, 0) is 10.9 Å². The molecule has 8 heteroatoms. The average molecular weight is 318 g/mol. The minimum Gasteiger partial charge on any atom is -0.438 e. The third-order valence-electron chi connectivity index (χ3n) is 4.33. The molecule has 0 unspecified atom stereocenters. The summed E-state index contributed by atoms with van der Waals surface area (Å²) in [5.74, 6) is -2.07. The molecule has 1 saturated heterocycles. The average Bonchev–Trinajstić information content (AvgIpc) is 2.97. The summed E-state index contributed by atoms with van der Waals surface area (Å²) in [7, 11) is 0. The molecule has 0 radical (unpaired) electrons. The second-order valence-corrected chi connectivity index (χ2v) is 5.85. The van der Waals surface area contributed by atoms with Crippen LogP contribution >= 0.6 is 0 Å². The SMILES string of the molecule is O=C(c1ncoc1C(F)(F)F)N1CCOC2(CCCCC2)C1. The van der Waals surface area contributed by atoms with Crippen molar-refractivity contribution in [3.8, 4) is 0 Å². The Kier molecular flexibility index (Phi) is 3.88. The molecule has 2 fully saturated rings. The van der Waals surface area contributed by atoms with Crippen molar-refractivity contribution in [1.82, 2.24) is 9.88 Å². The maximum Gasteiger partial charge on any atom is 0.452 e. The Bertz CT molecular complexity index is 544. The van der Waals surface area contributed by atoms with E-state index in [0.717, 1.165) is 32.1 Å². The predicted molar refractivity (Wildman–Crippen MR) is 69.2 cm³/mol. The number of hydrogen-bond acceptors (Lipinski definition) is 4. The summed E-state index contributed by atoms with van der Waals surface area (Å²) in [6.07, 6.45) is 0.757. The number of nitrogens with zero attached hydrogens (tertiary/aromatic N) is 2. The van der Waals surface area contributed by atoms with Gasteiger partial charge in [0.15, 0.2) is 12.1 Å². The van der Waals surface area contributed by atoms with Crippen molar-refractivity contribution in [3.05, 3.63) is 17.8 Å². The number of oxazole rings is 1. The van der Waals surface area contributed by atoms with Gasteiger partial charge in [-0.1, -0.05) is 19.3 Å². The van der Waals surface area contributed by atoms with Crippen molar-refractivity contribution in [2.45, 2.75) is 43.9 Å². The Morgan fingerprint density at radius 1 is 1.27 bits per heavy atom. The van der Waals surface area contributed by atoms with Crippen molar-refractivity contribution in [1.29, 1.82) is 0 Å². The summed E-state index contributed by atoms with van der Waals surface area (Å²) in [6.45, 7) is 0.922. The molecule has 1 aromatic heterocycles. The Hall–Kier alpha value is -1.57. The van der Waals surface area contributed by atoms with E-state index in [1.807, 2.05) is 0 Å². The molecular formula is C14H17F3N2O3. The summed E-state index contributed by atoms with van der Waals surface area (Å²) in [6, 6.07) is 0. The minimum absolute atomic E-state index is 0.269. The molecule has 1 aliphatic heterocycles. The van der Waals surface area contributed by atoms with Crippen LogP contribution in [0.5, 0.6) is 0 Å². The van der Waals surface area contributed by atoms with E-state index in [1.165, 1.54) is 4.90 Å². The Balaban J connectivity index is 1.79. The number of halogens is 3. The van der Waals surface area contributed by atoms with Crippen molar-refractivity contribution < 1.29 is 27.1 Å². The second kappa shape index (κ2) is 5.57. The molecule has 1 saturated carbocycles. The first-order valence-corrected chi connectivity index (χ1v) is 7.35. The fourth-order valence-corrected chi connectivity index (χ4v) is 3.27. The molecule has 122 valence electrons. The molecule has 1 amide bonds. The molecule has 1 spiro atoms. The van der Waals surface area contributed by atoms with Crippen LogP contribution in [0.1, 0.15) is 48.4 Å². The molecule has 0 aromatic carbocycles. The number of morpholine rings is 1. The van der Waals surface area contributed by atoms with Crippen molar-refractivity contribution in [2.75, 3.05) is 19.7 Å². The van der Waals surface area contributed by atoms with Gasteiger partial charge in [0, 0.05) is 6.54 Å². The molecule has 2 aliphatic rings. The maximum absolute atomic E-state index is 12.8. The highest BCUT2D eigenvalue weighted by Gasteiger charge is 2.44. The van der Waals surface area contributed by atoms with E-state index in [2.05, 4.69) is 9.40 Å². The topological polar surface area (TPSA) is 55.6 Å². The van der Waals surface area contributed by atoms with Crippen LogP contribution < -0.4 is 0 Å². The highest BCUT2D eigenvalue weighted by Crippen LogP contribution is 2.36. The first-order chi connectivity index (χ1) is 10.4. The quantitative estimate of drug-likeness (QED) is 0.799. The highest BCUT2D eigenvalue weighted by atomic mass is 19.4. The smallest absolute Gasteiger partial charge is 0.438 e. The number of alkyl halides is 3. The lowest BCUT2D eigenvalue weighted by molar-refractivity contribution is -0.153. The van der Waals surface area contributed by atoms with E-state index >= 15 is 0 Å². The zero-order chi connectivity index (χ0) is 15.8. The van der Waals surface area contributed by atoms with Gasteiger partial charge in [-0.05, 0) is 12.8 Å². The van der Waals surface area contributed by atoms with Crippen LogP contribution in [0, 0.1) is 0 Å². The van der Waals surface area contributed by atoms with E-state index < -0.39 is 29.1 Å². The summed E-state index contributed by atoms with van der Waals surface area (Å²) in [5.41, 5.74) is -1.07. The van der Waals surface area contributed by atoms with Crippen LogP contribution in [0.15, 0.2) is 10.8 Å². The van der Waals surface area contributed by atoms with Gasteiger partial charge in [0.1, 0.15) is 0 Å². The first-order valence-electron chi connectivity index (χ1n) is 7.35. The van der Waals surface area contributed by atoms with Gasteiger partial charge in [0.25, 0.3) is 5.91 Å². The lowest BCUT2D eigenvalue weighted by Crippen LogP contribution is -2.54. The largest absolute Gasteiger partial charge is 0.452 e. The second-order valence-electron chi connectivity index (χ2n) is 5.85. The predicted octanol–water partition coefficient (Wildman–Crippen LogP) is 2.87. The molecule has 1 aromatic rings. The van der Waals surface area contributed by atoms with Gasteiger partial charge in [-0.2, -0.15) is 13.2 Å². The highest BCUT2D eigenvalue weighted by molar-refractivity contribution is 5.93. The van der Waals surface area contributed by atoms with E-state index in [9.17, 15) is 18.0 Å². The molecule has 2 heterocycles. The molecule has 5 nitrogen and oxygen atoms in total. The fraction of sp³-hybridized carbons (Fsp3) is 0.714. The van der Waals surface area contributed by atoms with Gasteiger partial charge in [-0.15, -0.1) is 0 Å². The molecule has 0 atom stereocenters. The van der Waals surface area contributed by atoms with Crippen LogP contribution in [-0.4, -0.2) is 41.1 Å². The van der Waals surface area contributed by atoms with Crippen LogP contribution in [0.3, 0.4) is 0 Å². The number of rotatable bonds is 1. The molecule has 0 bridgehead atoms. The maximum atomic E-state index is 12.8. The van der Waals surface area contributed by atoms with Crippen LogP contribution in [0.25, 0.3) is 0 Å². The van der Waals surface area contributed by atoms with Gasteiger partial charge >= 0.3 is 6.18 Å². The lowest BCUT2D eigenvalue weighted by atomic mass is 9.83. The van der Waals surface area contributed by atoms with Gasteiger partial charge < -0.3 is 14.1 Å². The zero-order valence-electron chi connectivity index (χ0n) is 12.0. The van der Waals surface area contributed by atoms with E-state index in [-0.39, 0.29) is 6.54 Å². The fourth-order valence-electron chi connectivity index (χ4n) is 3.27. The van der Waals surface area contributed by atoms with Crippen LogP contribution in [0.2, 0.25) is 0 Å². The Morgan fingerprint density at radius 3 is 2.68 bits per heavy atom. The molecule has 3 rings (SSSR count). The van der Waals surface area contributed by atoms with E-state index in [0.29, 0.717) is 19.5 Å². The number of amides is 1. The summed E-state index contributed by atoms with van der Waals surface area (Å²) < 4.78 is 48.7. The van der Waals surface area contributed by atoms with Crippen molar-refractivity contribution in [2.24, 2.45) is 0 Å². The third kappa shape index (κ3) is 2.84. The van der Waals surface area contributed by atoms with Crippen molar-refractivity contribution >= 4 is 5.91 Å². The summed E-state index contributed by atoms with van der Waals surface area (Å²) in [5, 5.41) is 0. The van der Waals surface area contributed by atoms with Crippen molar-refractivity contribution in [3.63, 3.8) is 0 Å². The number of ether oxygens (including phenoxy) is 1. The minimum atomic E-state index is -4.73. The molecular weight excluding hydrogens is 301 g/mol. The number of aromatic nitrogens is 1. The van der Waals surface area contributed by atoms with Gasteiger partial charge in [0.05, 0.1) is 18.8 Å². The summed E-state index contributed by atoms with van der Waals surface area (Å²) >= 11 is 0. The van der Waals surface area contributed by atoms with Gasteiger partial charge in [-0.25, -0.2) is 4.98 Å². The summed E-state index contributed by atoms with van der Waals surface area (Å²) in [4.78, 5) is 17.3. The van der Waals surface area contributed by atoms with E-state index in [1.54, 1.807) is 0 Å². The lowest BCUT2D eigenvalue weighted by Gasteiger charge is -2.44. The molecule has 0 N–H and O–H groups in total. The Labute approximate surface area is 125 Å².